The second-order valence-corrected chi connectivity index (χ2v) is 7.33. The van der Waals surface area contributed by atoms with Crippen LogP contribution in [0, 0.1) is 11.8 Å². The third kappa shape index (κ3) is 7.27. The summed E-state index contributed by atoms with van der Waals surface area (Å²) in [6.07, 6.45) is 8.35. The van der Waals surface area contributed by atoms with Crippen molar-refractivity contribution in [3.63, 3.8) is 0 Å². The molecule has 0 N–H and O–H groups in total. The van der Waals surface area contributed by atoms with Crippen LogP contribution in [0.2, 0.25) is 0 Å². The molecule has 0 atom stereocenters. The Hall–Kier alpha value is -1.22. The number of aryl methyl sites for hydroxylation is 1. The second kappa shape index (κ2) is 10.1. The van der Waals surface area contributed by atoms with Crippen LogP contribution in [0.15, 0.2) is 36.4 Å². The molecule has 0 radical (unpaired) electrons. The van der Waals surface area contributed by atoms with E-state index in [0.717, 1.165) is 44.1 Å². The van der Waals surface area contributed by atoms with Crippen LogP contribution >= 0.6 is 0 Å². The number of benzene rings is 1. The van der Waals surface area contributed by atoms with Gasteiger partial charge in [0.1, 0.15) is 0 Å². The Bertz CT molecular complexity index is 513. The van der Waals surface area contributed by atoms with Crippen molar-refractivity contribution in [2.45, 2.75) is 77.9 Å². The van der Waals surface area contributed by atoms with Crippen LogP contribution < -0.4 is 0 Å². The minimum absolute atomic E-state index is 0.0182. The molecule has 0 amide bonds. The first-order valence-corrected chi connectivity index (χ1v) is 9.73. The van der Waals surface area contributed by atoms with Crippen molar-refractivity contribution in [3.05, 3.63) is 47.5 Å². The topological polar surface area (TPSA) is 9.23 Å². The van der Waals surface area contributed by atoms with Crippen molar-refractivity contribution >= 4 is 0 Å². The molecule has 1 aliphatic carbocycles. The summed E-state index contributed by atoms with van der Waals surface area (Å²) in [5, 5.41) is 0. The number of hydrogen-bond acceptors (Lipinski definition) is 1. The maximum Gasteiger partial charge on any atom is 0.356 e. The van der Waals surface area contributed by atoms with Gasteiger partial charge in [-0.2, -0.15) is 8.78 Å². The zero-order valence-corrected chi connectivity index (χ0v) is 15.6. The molecule has 0 unspecified atom stereocenters. The molecular formula is C22H32F2O. The summed E-state index contributed by atoms with van der Waals surface area (Å²) >= 11 is 0. The number of allylic oxidation sites excluding steroid dienone is 2. The fourth-order valence-electron chi connectivity index (χ4n) is 3.68. The fourth-order valence-corrected chi connectivity index (χ4v) is 3.68. The first-order valence-electron chi connectivity index (χ1n) is 9.73. The largest absolute Gasteiger partial charge is 0.356 e. The summed E-state index contributed by atoms with van der Waals surface area (Å²) in [5.41, 5.74) is 2.02. The Morgan fingerprint density at radius 3 is 2.24 bits per heavy atom. The molecule has 0 aliphatic heterocycles. The van der Waals surface area contributed by atoms with Crippen LogP contribution in [-0.2, 0) is 17.8 Å². The summed E-state index contributed by atoms with van der Waals surface area (Å²) < 4.78 is 33.3. The summed E-state index contributed by atoms with van der Waals surface area (Å²) in [6.45, 7) is 4.10. The van der Waals surface area contributed by atoms with Gasteiger partial charge in [0.2, 0.25) is 0 Å². The highest BCUT2D eigenvalue weighted by Gasteiger charge is 2.35. The van der Waals surface area contributed by atoms with Crippen LogP contribution in [0.4, 0.5) is 8.78 Å². The zero-order chi connectivity index (χ0) is 18.1. The van der Waals surface area contributed by atoms with Gasteiger partial charge in [0, 0.05) is 6.42 Å². The first-order chi connectivity index (χ1) is 12.0. The van der Waals surface area contributed by atoms with Crippen molar-refractivity contribution in [2.24, 2.45) is 11.8 Å². The predicted octanol–water partition coefficient (Wildman–Crippen LogP) is 6.91. The van der Waals surface area contributed by atoms with Crippen LogP contribution in [0.1, 0.15) is 69.9 Å². The highest BCUT2D eigenvalue weighted by atomic mass is 19.3. The summed E-state index contributed by atoms with van der Waals surface area (Å²) in [4.78, 5) is 0. The Morgan fingerprint density at radius 2 is 1.64 bits per heavy atom. The lowest BCUT2D eigenvalue weighted by molar-refractivity contribution is -0.256. The van der Waals surface area contributed by atoms with Crippen molar-refractivity contribution < 1.29 is 13.5 Å². The predicted molar refractivity (Wildman–Crippen MR) is 99.7 cm³/mol. The highest BCUT2D eigenvalue weighted by molar-refractivity contribution is 5.21. The minimum Gasteiger partial charge on any atom is -0.316 e. The molecule has 1 nitrogen and oxygen atoms in total. The van der Waals surface area contributed by atoms with E-state index in [-0.39, 0.29) is 18.9 Å². The number of halogens is 2. The maximum atomic E-state index is 14.2. The average Bonchev–Trinajstić information content (AvgIpc) is 2.62. The number of ether oxygens (including phenoxy) is 1. The second-order valence-electron chi connectivity index (χ2n) is 7.33. The van der Waals surface area contributed by atoms with E-state index in [0.29, 0.717) is 5.92 Å². The molecule has 25 heavy (non-hydrogen) atoms. The standard InChI is InChI=1S/C22H32F2O/c1-3-5-6-7-19-10-12-20(13-11-19)16-22(23,24)25-17-21-14-8-18(4-2)9-15-21/h3,5,8-9,14-15,19-20H,4,6-7,10-13,16-17H2,1-2H3/b5-3+. The monoisotopic (exact) mass is 350 g/mol. The maximum absolute atomic E-state index is 14.2. The van der Waals surface area contributed by atoms with Crippen molar-refractivity contribution in [1.82, 2.24) is 0 Å². The van der Waals surface area contributed by atoms with Gasteiger partial charge in [0.25, 0.3) is 0 Å². The Labute approximate surface area is 151 Å². The molecule has 1 aromatic carbocycles. The first kappa shape index (κ1) is 20.1. The molecule has 1 fully saturated rings. The van der Waals surface area contributed by atoms with Crippen LogP contribution in [0.3, 0.4) is 0 Å². The third-order valence-corrected chi connectivity index (χ3v) is 5.35. The van der Waals surface area contributed by atoms with Gasteiger partial charge >= 0.3 is 6.11 Å². The molecule has 0 heterocycles. The van der Waals surface area contributed by atoms with Crippen molar-refractivity contribution in [2.75, 3.05) is 0 Å². The van der Waals surface area contributed by atoms with Gasteiger partial charge in [0.05, 0.1) is 6.61 Å². The zero-order valence-electron chi connectivity index (χ0n) is 15.6. The van der Waals surface area contributed by atoms with E-state index >= 15 is 0 Å². The summed E-state index contributed by atoms with van der Waals surface area (Å²) in [7, 11) is 0. The van der Waals surface area contributed by atoms with Gasteiger partial charge in [-0.25, -0.2) is 0 Å². The normalized spacial score (nSPS) is 21.8. The lowest BCUT2D eigenvalue weighted by atomic mass is 9.78. The van der Waals surface area contributed by atoms with Gasteiger partial charge in [-0.05, 0) is 62.0 Å². The van der Waals surface area contributed by atoms with Crippen LogP contribution in [0.5, 0.6) is 0 Å². The van der Waals surface area contributed by atoms with E-state index in [2.05, 4.69) is 19.1 Å². The molecule has 0 aromatic heterocycles. The van der Waals surface area contributed by atoms with E-state index in [4.69, 9.17) is 4.74 Å². The highest BCUT2D eigenvalue weighted by Crippen LogP contribution is 2.38. The lowest BCUT2D eigenvalue weighted by Crippen LogP contribution is -2.27. The lowest BCUT2D eigenvalue weighted by Gasteiger charge is -2.30. The molecule has 1 aliphatic rings. The number of alkyl halides is 2. The van der Waals surface area contributed by atoms with E-state index in [1.165, 1.54) is 12.0 Å². The van der Waals surface area contributed by atoms with Crippen molar-refractivity contribution in [3.8, 4) is 0 Å². The van der Waals surface area contributed by atoms with Gasteiger partial charge in [-0.1, -0.05) is 56.2 Å². The smallest absolute Gasteiger partial charge is 0.316 e. The summed E-state index contributed by atoms with van der Waals surface area (Å²) in [6, 6.07) is 7.72. The molecular weight excluding hydrogens is 318 g/mol. The molecule has 140 valence electrons. The van der Waals surface area contributed by atoms with Gasteiger partial charge in [0.15, 0.2) is 0 Å². The SMILES string of the molecule is C/C=C/CCC1CCC(CC(F)(F)OCc2ccc(CC)cc2)CC1. The van der Waals surface area contributed by atoms with Crippen LogP contribution in [-0.4, -0.2) is 6.11 Å². The quantitative estimate of drug-likeness (QED) is 0.440. The number of rotatable bonds is 9. The van der Waals surface area contributed by atoms with Crippen molar-refractivity contribution in [1.29, 1.82) is 0 Å². The van der Waals surface area contributed by atoms with E-state index in [1.54, 1.807) is 0 Å². The summed E-state index contributed by atoms with van der Waals surface area (Å²) in [5.74, 6) is 0.800. The number of hydrogen-bond donors (Lipinski definition) is 0. The van der Waals surface area contributed by atoms with Gasteiger partial charge in [-0.15, -0.1) is 0 Å². The van der Waals surface area contributed by atoms with Crippen LogP contribution in [0.25, 0.3) is 0 Å². The molecule has 0 bridgehead atoms. The van der Waals surface area contributed by atoms with Gasteiger partial charge < -0.3 is 4.74 Å². The average molecular weight is 350 g/mol. The minimum atomic E-state index is -3.02. The van der Waals surface area contributed by atoms with Gasteiger partial charge in [-0.3, -0.25) is 0 Å². The Balaban J connectivity index is 1.71. The third-order valence-electron chi connectivity index (χ3n) is 5.35. The molecule has 3 heteroatoms. The van der Waals surface area contributed by atoms with E-state index < -0.39 is 6.11 Å². The molecule has 0 spiro atoms. The Morgan fingerprint density at radius 1 is 1.04 bits per heavy atom. The van der Waals surface area contributed by atoms with E-state index in [1.807, 2.05) is 31.2 Å². The fraction of sp³-hybridized carbons (Fsp3) is 0.636. The molecule has 0 saturated heterocycles. The molecule has 1 saturated carbocycles. The molecule has 1 aromatic rings. The Kier molecular flexibility index (Phi) is 8.08. The molecule has 2 rings (SSSR count). The van der Waals surface area contributed by atoms with E-state index in [9.17, 15) is 8.78 Å².